The molecule has 2 N–H and O–H groups in total. The Morgan fingerprint density at radius 2 is 2.18 bits per heavy atom. The zero-order valence-corrected chi connectivity index (χ0v) is 10.8. The first-order chi connectivity index (χ1) is 8.09. The molecule has 0 aliphatic rings. The largest absolute Gasteiger partial charge is 0.369 e. The summed E-state index contributed by atoms with van der Waals surface area (Å²) in [5.74, 6) is 1.30. The molecule has 0 spiro atoms. The highest BCUT2D eigenvalue weighted by Gasteiger charge is 2.10. The highest BCUT2D eigenvalue weighted by molar-refractivity contribution is 5.77. The Kier molecular flexibility index (Phi) is 3.31. The second-order valence-corrected chi connectivity index (χ2v) is 4.96. The first-order valence-electron chi connectivity index (χ1n) is 6.17. The Morgan fingerprint density at radius 1 is 1.41 bits per heavy atom. The summed E-state index contributed by atoms with van der Waals surface area (Å²) in [6, 6.07) is 1.97. The first kappa shape index (κ1) is 11.9. The molecule has 0 atom stereocenters. The fourth-order valence-corrected chi connectivity index (χ4v) is 2.03. The molecule has 92 valence electrons. The minimum absolute atomic E-state index is 0.575. The molecule has 0 bridgehead atoms. The zero-order valence-electron chi connectivity index (χ0n) is 10.8. The van der Waals surface area contributed by atoms with Crippen LogP contribution >= 0.6 is 0 Å². The number of fused-ring (bicyclic) bond motifs is 1. The second kappa shape index (κ2) is 4.73. The summed E-state index contributed by atoms with van der Waals surface area (Å²) in [5, 5.41) is 0. The van der Waals surface area contributed by atoms with Gasteiger partial charge in [-0.2, -0.15) is 0 Å². The van der Waals surface area contributed by atoms with Gasteiger partial charge in [0.25, 0.3) is 0 Å². The monoisotopic (exact) mass is 232 g/mol. The number of nitrogens with zero attached hydrogens (tertiary/aromatic N) is 3. The van der Waals surface area contributed by atoms with Crippen LogP contribution in [0.5, 0.6) is 0 Å². The van der Waals surface area contributed by atoms with Crippen molar-refractivity contribution in [2.24, 2.45) is 5.92 Å². The Hall–Kier alpha value is -1.58. The topological polar surface area (TPSA) is 56.7 Å². The zero-order chi connectivity index (χ0) is 12.4. The van der Waals surface area contributed by atoms with Gasteiger partial charge in [-0.15, -0.1) is 0 Å². The summed E-state index contributed by atoms with van der Waals surface area (Å²) < 4.78 is 2.02. The lowest BCUT2D eigenvalue weighted by molar-refractivity contribution is 0.518. The molecule has 0 saturated heterocycles. The van der Waals surface area contributed by atoms with Crippen molar-refractivity contribution >= 4 is 17.1 Å². The van der Waals surface area contributed by atoms with Crippen LogP contribution in [0, 0.1) is 12.8 Å². The van der Waals surface area contributed by atoms with Gasteiger partial charge >= 0.3 is 0 Å². The van der Waals surface area contributed by atoms with E-state index in [2.05, 4.69) is 23.8 Å². The Morgan fingerprint density at radius 3 is 2.88 bits per heavy atom. The van der Waals surface area contributed by atoms with Crippen molar-refractivity contribution in [2.45, 2.75) is 40.2 Å². The number of rotatable bonds is 4. The predicted octanol–water partition coefficient (Wildman–Crippen LogP) is 2.76. The van der Waals surface area contributed by atoms with E-state index in [9.17, 15) is 0 Å². The number of nitrogens with two attached hydrogens (primary N) is 1. The van der Waals surface area contributed by atoms with Crippen LogP contribution in [0.1, 0.15) is 32.3 Å². The third kappa shape index (κ3) is 2.40. The maximum absolute atomic E-state index is 5.95. The lowest BCUT2D eigenvalue weighted by Gasteiger charge is -2.07. The fourth-order valence-electron chi connectivity index (χ4n) is 2.03. The van der Waals surface area contributed by atoms with Crippen LogP contribution < -0.4 is 5.73 Å². The summed E-state index contributed by atoms with van der Waals surface area (Å²) in [7, 11) is 0. The van der Waals surface area contributed by atoms with E-state index in [1.165, 1.54) is 6.42 Å². The standard InChI is InChI=1S/C13H20N4/c1-9(2)5-4-8-17-12-11(16-13(17)14)10(3)6-7-15-12/h6-7,9H,4-5,8H2,1-3H3,(H2,14,16). The molecule has 0 radical (unpaired) electrons. The molecular formula is C13H20N4. The lowest BCUT2D eigenvalue weighted by Crippen LogP contribution is -2.05. The van der Waals surface area contributed by atoms with Crippen LogP contribution in [-0.2, 0) is 6.54 Å². The molecule has 0 aliphatic heterocycles. The van der Waals surface area contributed by atoms with Crippen molar-refractivity contribution in [1.82, 2.24) is 14.5 Å². The summed E-state index contributed by atoms with van der Waals surface area (Å²) in [6.07, 6.45) is 4.13. The molecule has 0 aliphatic carbocycles. The van der Waals surface area contributed by atoms with E-state index in [1.54, 1.807) is 0 Å². The average molecular weight is 232 g/mol. The third-order valence-electron chi connectivity index (χ3n) is 3.03. The molecule has 0 fully saturated rings. The number of aryl methyl sites for hydroxylation is 2. The average Bonchev–Trinajstić information content (AvgIpc) is 2.57. The molecule has 0 unspecified atom stereocenters. The van der Waals surface area contributed by atoms with Gasteiger partial charge in [-0.25, -0.2) is 9.97 Å². The summed E-state index contributed by atoms with van der Waals surface area (Å²) in [6.45, 7) is 7.40. The van der Waals surface area contributed by atoms with Gasteiger partial charge in [0.1, 0.15) is 5.52 Å². The van der Waals surface area contributed by atoms with Gasteiger partial charge in [-0.1, -0.05) is 13.8 Å². The molecular weight excluding hydrogens is 212 g/mol. The SMILES string of the molecule is Cc1ccnc2c1nc(N)n2CCCC(C)C. The molecule has 0 amide bonds. The Balaban J connectivity index is 2.27. The molecule has 4 nitrogen and oxygen atoms in total. The van der Waals surface area contributed by atoms with Gasteiger partial charge < -0.3 is 5.73 Å². The Labute approximate surface area is 102 Å². The van der Waals surface area contributed by atoms with Crippen molar-refractivity contribution in [3.63, 3.8) is 0 Å². The van der Waals surface area contributed by atoms with Crippen LogP contribution in [-0.4, -0.2) is 14.5 Å². The van der Waals surface area contributed by atoms with E-state index < -0.39 is 0 Å². The first-order valence-corrected chi connectivity index (χ1v) is 6.17. The van der Waals surface area contributed by atoms with Crippen LogP contribution in [0.3, 0.4) is 0 Å². The third-order valence-corrected chi connectivity index (χ3v) is 3.03. The molecule has 0 saturated carbocycles. The number of hydrogen-bond donors (Lipinski definition) is 1. The number of imidazole rings is 1. The minimum atomic E-state index is 0.575. The van der Waals surface area contributed by atoms with E-state index in [-0.39, 0.29) is 0 Å². The summed E-state index contributed by atoms with van der Waals surface area (Å²) >= 11 is 0. The van der Waals surface area contributed by atoms with Gasteiger partial charge in [-0.3, -0.25) is 4.57 Å². The molecule has 2 aromatic heterocycles. The molecule has 2 aromatic rings. The van der Waals surface area contributed by atoms with Crippen LogP contribution in [0.2, 0.25) is 0 Å². The maximum atomic E-state index is 5.95. The van der Waals surface area contributed by atoms with Crippen molar-refractivity contribution in [3.8, 4) is 0 Å². The maximum Gasteiger partial charge on any atom is 0.202 e. The number of pyridine rings is 1. The van der Waals surface area contributed by atoms with E-state index in [1.807, 2.05) is 23.8 Å². The quantitative estimate of drug-likeness (QED) is 0.881. The van der Waals surface area contributed by atoms with E-state index in [4.69, 9.17) is 5.73 Å². The van der Waals surface area contributed by atoms with Crippen LogP contribution in [0.15, 0.2) is 12.3 Å². The fraction of sp³-hybridized carbons (Fsp3) is 0.538. The number of nitrogen functional groups attached to an aromatic ring is 1. The van der Waals surface area contributed by atoms with E-state index >= 15 is 0 Å². The second-order valence-electron chi connectivity index (χ2n) is 4.96. The molecule has 4 heteroatoms. The van der Waals surface area contributed by atoms with Crippen molar-refractivity contribution in [2.75, 3.05) is 5.73 Å². The number of hydrogen-bond acceptors (Lipinski definition) is 3. The summed E-state index contributed by atoms with van der Waals surface area (Å²) in [4.78, 5) is 8.77. The molecule has 17 heavy (non-hydrogen) atoms. The Bertz CT molecular complexity index is 513. The van der Waals surface area contributed by atoms with Crippen molar-refractivity contribution < 1.29 is 0 Å². The predicted molar refractivity (Wildman–Crippen MR) is 70.7 cm³/mol. The van der Waals surface area contributed by atoms with Gasteiger partial charge in [0.05, 0.1) is 0 Å². The lowest BCUT2D eigenvalue weighted by atomic mass is 10.1. The van der Waals surface area contributed by atoms with Gasteiger partial charge in [0.15, 0.2) is 5.65 Å². The molecule has 2 rings (SSSR count). The summed E-state index contributed by atoms with van der Waals surface area (Å²) in [5.41, 5.74) is 8.91. The minimum Gasteiger partial charge on any atom is -0.369 e. The highest BCUT2D eigenvalue weighted by atomic mass is 15.2. The molecule has 2 heterocycles. The van der Waals surface area contributed by atoms with Gasteiger partial charge in [0, 0.05) is 12.7 Å². The molecule has 0 aromatic carbocycles. The van der Waals surface area contributed by atoms with Crippen molar-refractivity contribution in [1.29, 1.82) is 0 Å². The van der Waals surface area contributed by atoms with Crippen molar-refractivity contribution in [3.05, 3.63) is 17.8 Å². The smallest absolute Gasteiger partial charge is 0.202 e. The van der Waals surface area contributed by atoms with Gasteiger partial charge in [-0.05, 0) is 37.3 Å². The number of anilines is 1. The van der Waals surface area contributed by atoms with Gasteiger partial charge in [0.2, 0.25) is 5.95 Å². The van der Waals surface area contributed by atoms with E-state index in [0.717, 1.165) is 35.6 Å². The van der Waals surface area contributed by atoms with E-state index in [0.29, 0.717) is 5.95 Å². The number of aromatic nitrogens is 3. The normalized spacial score (nSPS) is 11.5. The van der Waals surface area contributed by atoms with Crippen LogP contribution in [0.25, 0.3) is 11.2 Å². The van der Waals surface area contributed by atoms with Crippen LogP contribution in [0.4, 0.5) is 5.95 Å². The highest BCUT2D eigenvalue weighted by Crippen LogP contribution is 2.19.